The van der Waals surface area contributed by atoms with Crippen molar-refractivity contribution in [3.05, 3.63) is 62.0 Å². The molecule has 0 radical (unpaired) electrons. The van der Waals surface area contributed by atoms with Crippen LogP contribution in [0, 0.1) is 6.92 Å². The Labute approximate surface area is 166 Å². The average molecular weight is 418 g/mol. The van der Waals surface area contributed by atoms with E-state index >= 15 is 0 Å². The van der Waals surface area contributed by atoms with Gasteiger partial charge in [0, 0.05) is 33.5 Å². The van der Waals surface area contributed by atoms with Crippen LogP contribution in [0.15, 0.2) is 50.9 Å². The molecule has 4 aromatic rings. The summed E-state index contributed by atoms with van der Waals surface area (Å²) in [7, 11) is 0. The van der Waals surface area contributed by atoms with E-state index in [4.69, 9.17) is 4.98 Å². The van der Waals surface area contributed by atoms with Gasteiger partial charge >= 0.3 is 0 Å². The molecule has 4 rings (SSSR count). The van der Waals surface area contributed by atoms with E-state index in [1.54, 1.807) is 45.1 Å². The summed E-state index contributed by atoms with van der Waals surface area (Å²) in [4.78, 5) is 24.3. The van der Waals surface area contributed by atoms with Crippen LogP contribution in [0.1, 0.15) is 10.7 Å². The summed E-state index contributed by atoms with van der Waals surface area (Å²) in [5.74, 6) is 0.697. The number of fused-ring (bicyclic) bond motifs is 1. The van der Waals surface area contributed by atoms with E-state index in [1.807, 2.05) is 29.8 Å². The number of aryl methyl sites for hydroxylation is 1. The van der Waals surface area contributed by atoms with Crippen LogP contribution >= 0.6 is 45.8 Å². The van der Waals surface area contributed by atoms with Crippen molar-refractivity contribution < 1.29 is 0 Å². The maximum atomic E-state index is 13.2. The van der Waals surface area contributed by atoms with Crippen molar-refractivity contribution in [3.63, 3.8) is 0 Å². The molecule has 0 aliphatic heterocycles. The van der Waals surface area contributed by atoms with E-state index in [0.717, 1.165) is 26.0 Å². The van der Waals surface area contributed by atoms with E-state index in [0.29, 0.717) is 22.8 Å². The van der Waals surface area contributed by atoms with Crippen molar-refractivity contribution in [1.82, 2.24) is 14.5 Å². The summed E-state index contributed by atoms with van der Waals surface area (Å²) in [6.45, 7) is 6.24. The molecule has 0 atom stereocenters. The Morgan fingerprint density at radius 3 is 2.85 bits per heavy atom. The van der Waals surface area contributed by atoms with Crippen LogP contribution in [0.2, 0.25) is 0 Å². The highest BCUT2D eigenvalue weighted by atomic mass is 32.2. The van der Waals surface area contributed by atoms with Crippen LogP contribution in [0.5, 0.6) is 0 Å². The quantitative estimate of drug-likeness (QED) is 0.238. The fourth-order valence-corrected chi connectivity index (χ4v) is 6.05. The Bertz CT molecular complexity index is 1120. The molecule has 0 N–H and O–H groups in total. The van der Waals surface area contributed by atoms with Gasteiger partial charge in [-0.25, -0.2) is 9.97 Å². The molecule has 8 heteroatoms. The molecule has 0 aliphatic carbocycles. The Morgan fingerprint density at radius 1 is 1.27 bits per heavy atom. The molecule has 0 bridgehead atoms. The van der Waals surface area contributed by atoms with Gasteiger partial charge in [0.05, 0.1) is 16.1 Å². The van der Waals surface area contributed by atoms with Crippen molar-refractivity contribution in [1.29, 1.82) is 0 Å². The van der Waals surface area contributed by atoms with E-state index in [9.17, 15) is 4.79 Å². The third-order valence-corrected chi connectivity index (χ3v) is 7.38. The van der Waals surface area contributed by atoms with Crippen molar-refractivity contribution in [2.45, 2.75) is 24.4 Å². The van der Waals surface area contributed by atoms with Crippen molar-refractivity contribution in [3.8, 4) is 10.4 Å². The van der Waals surface area contributed by atoms with E-state index in [2.05, 4.69) is 16.9 Å². The first-order valence-electron chi connectivity index (χ1n) is 7.88. The molecule has 4 aromatic heterocycles. The standard InChI is InChI=1S/C18H15N3OS4/c1-3-6-21-17(22)15-13(14-5-4-7-23-14)10-25-16(15)20-18(21)26-9-12-8-24-11(2)19-12/h3-5,7-8,10H,1,6,9H2,2H3. The largest absolute Gasteiger partial charge is 0.283 e. The second kappa shape index (κ2) is 7.48. The number of thiazole rings is 1. The van der Waals surface area contributed by atoms with Gasteiger partial charge in [0.25, 0.3) is 5.56 Å². The Morgan fingerprint density at radius 2 is 2.15 bits per heavy atom. The van der Waals surface area contributed by atoms with Crippen molar-refractivity contribution in [2.24, 2.45) is 0 Å². The summed E-state index contributed by atoms with van der Waals surface area (Å²) in [6, 6.07) is 4.04. The molecule has 0 unspecified atom stereocenters. The van der Waals surface area contributed by atoms with Crippen LogP contribution in [0.3, 0.4) is 0 Å². The lowest BCUT2D eigenvalue weighted by Gasteiger charge is -2.10. The van der Waals surface area contributed by atoms with Crippen LogP contribution in [0.25, 0.3) is 20.7 Å². The minimum Gasteiger partial charge on any atom is -0.283 e. The van der Waals surface area contributed by atoms with Gasteiger partial charge in [-0.2, -0.15) is 0 Å². The Hall–Kier alpha value is -1.74. The first-order valence-corrected chi connectivity index (χ1v) is 11.5. The van der Waals surface area contributed by atoms with Gasteiger partial charge < -0.3 is 0 Å². The molecule has 26 heavy (non-hydrogen) atoms. The Balaban J connectivity index is 1.79. The fraction of sp³-hybridized carbons (Fsp3) is 0.167. The zero-order valence-electron chi connectivity index (χ0n) is 14.0. The summed E-state index contributed by atoms with van der Waals surface area (Å²) < 4.78 is 1.71. The second-order valence-electron chi connectivity index (χ2n) is 5.55. The van der Waals surface area contributed by atoms with E-state index < -0.39 is 0 Å². The monoisotopic (exact) mass is 417 g/mol. The lowest BCUT2D eigenvalue weighted by atomic mass is 10.2. The van der Waals surface area contributed by atoms with Crippen LogP contribution in [-0.4, -0.2) is 14.5 Å². The molecule has 0 fully saturated rings. The van der Waals surface area contributed by atoms with Crippen LogP contribution in [-0.2, 0) is 12.3 Å². The minimum atomic E-state index is -0.00323. The second-order valence-corrected chi connectivity index (χ2v) is 9.36. The number of hydrogen-bond donors (Lipinski definition) is 0. The maximum absolute atomic E-state index is 13.2. The van der Waals surface area contributed by atoms with Gasteiger partial charge in [-0.3, -0.25) is 9.36 Å². The predicted molar refractivity (Wildman–Crippen MR) is 114 cm³/mol. The van der Waals surface area contributed by atoms with E-state index in [1.165, 1.54) is 11.3 Å². The first-order chi connectivity index (χ1) is 12.7. The number of allylic oxidation sites excluding steroid dienone is 1. The van der Waals surface area contributed by atoms with Gasteiger partial charge in [-0.15, -0.1) is 40.6 Å². The molecule has 0 spiro atoms. The van der Waals surface area contributed by atoms with Crippen molar-refractivity contribution >= 4 is 56.0 Å². The van der Waals surface area contributed by atoms with Gasteiger partial charge in [-0.1, -0.05) is 23.9 Å². The van der Waals surface area contributed by atoms with Gasteiger partial charge in [0.2, 0.25) is 0 Å². The number of thiophene rings is 2. The summed E-state index contributed by atoms with van der Waals surface area (Å²) in [5, 5.41) is 8.57. The lowest BCUT2D eigenvalue weighted by molar-refractivity contribution is 0.673. The van der Waals surface area contributed by atoms with E-state index in [-0.39, 0.29) is 5.56 Å². The van der Waals surface area contributed by atoms with Gasteiger partial charge in [-0.05, 0) is 18.4 Å². The van der Waals surface area contributed by atoms with Crippen molar-refractivity contribution in [2.75, 3.05) is 0 Å². The first kappa shape index (κ1) is 17.7. The number of aromatic nitrogens is 3. The lowest BCUT2D eigenvalue weighted by Crippen LogP contribution is -2.22. The molecule has 0 amide bonds. The molecule has 0 saturated carbocycles. The third kappa shape index (κ3) is 3.29. The molecule has 0 aliphatic rings. The van der Waals surface area contributed by atoms with Crippen LogP contribution < -0.4 is 5.56 Å². The van der Waals surface area contributed by atoms with Gasteiger partial charge in [0.15, 0.2) is 5.16 Å². The highest BCUT2D eigenvalue weighted by Gasteiger charge is 2.17. The normalized spacial score (nSPS) is 11.3. The molecule has 0 saturated heterocycles. The highest BCUT2D eigenvalue weighted by Crippen LogP contribution is 2.35. The molecule has 132 valence electrons. The topological polar surface area (TPSA) is 47.8 Å². The average Bonchev–Trinajstić information content (AvgIpc) is 3.36. The highest BCUT2D eigenvalue weighted by molar-refractivity contribution is 7.98. The number of hydrogen-bond acceptors (Lipinski definition) is 7. The summed E-state index contributed by atoms with van der Waals surface area (Å²) in [6.07, 6.45) is 1.74. The zero-order valence-corrected chi connectivity index (χ0v) is 17.2. The summed E-state index contributed by atoms with van der Waals surface area (Å²) >= 11 is 6.34. The smallest absolute Gasteiger partial charge is 0.263 e. The molecular formula is C18H15N3OS4. The number of thioether (sulfide) groups is 1. The van der Waals surface area contributed by atoms with Crippen LogP contribution in [0.4, 0.5) is 0 Å². The SMILES string of the molecule is C=CCn1c(SCc2csc(C)n2)nc2scc(-c3cccs3)c2c1=O. The molecule has 0 aromatic carbocycles. The number of nitrogens with zero attached hydrogens (tertiary/aromatic N) is 3. The summed E-state index contributed by atoms with van der Waals surface area (Å²) in [5.41, 5.74) is 1.99. The molecular weight excluding hydrogens is 402 g/mol. The number of rotatable bonds is 6. The maximum Gasteiger partial charge on any atom is 0.263 e. The minimum absolute atomic E-state index is 0.00323. The zero-order chi connectivity index (χ0) is 18.1. The van der Waals surface area contributed by atoms with Gasteiger partial charge in [0.1, 0.15) is 4.83 Å². The molecule has 4 nitrogen and oxygen atoms in total. The third-order valence-electron chi connectivity index (χ3n) is 3.77. The predicted octanol–water partition coefficient (Wildman–Crippen LogP) is 5.43. The fourth-order valence-electron chi connectivity index (χ4n) is 2.63. The Kier molecular flexibility index (Phi) is 5.08. The molecule has 4 heterocycles.